The number of hydrogen-bond acceptors (Lipinski definition) is 4. The number of halogens is 1. The molecule has 0 amide bonds. The number of ether oxygens (including phenoxy) is 1. The third-order valence-electron chi connectivity index (χ3n) is 3.78. The van der Waals surface area contributed by atoms with Gasteiger partial charge >= 0.3 is 0 Å². The average Bonchev–Trinajstić information content (AvgIpc) is 2.79. The first-order valence-electron chi connectivity index (χ1n) is 7.76. The summed E-state index contributed by atoms with van der Waals surface area (Å²) in [6.07, 6.45) is 0. The second-order valence-corrected chi connectivity index (χ2v) is 5.64. The van der Waals surface area contributed by atoms with Crippen molar-refractivity contribution in [2.45, 2.75) is 39.9 Å². The number of nitrogens with zero attached hydrogens (tertiary/aromatic N) is 2. The molecule has 2 rings (SSSR count). The number of aryl methyl sites for hydroxylation is 1. The van der Waals surface area contributed by atoms with Crippen molar-refractivity contribution in [2.24, 2.45) is 0 Å². The Morgan fingerprint density at radius 1 is 1.30 bits per heavy atom. The second kappa shape index (κ2) is 8.08. The Kier molecular flexibility index (Phi) is 6.12. The minimum Gasteiger partial charge on any atom is -0.492 e. The molecule has 0 aliphatic heterocycles. The van der Waals surface area contributed by atoms with Gasteiger partial charge in [0.2, 0.25) is 0 Å². The Balaban J connectivity index is 1.84. The lowest BCUT2D eigenvalue weighted by atomic mass is 10.2. The van der Waals surface area contributed by atoms with Gasteiger partial charge in [0.25, 0.3) is 0 Å². The Bertz CT molecular complexity index is 626. The van der Waals surface area contributed by atoms with Crippen LogP contribution in [0.2, 0.25) is 0 Å². The van der Waals surface area contributed by atoms with Gasteiger partial charge < -0.3 is 15.2 Å². The van der Waals surface area contributed by atoms with Gasteiger partial charge in [0, 0.05) is 23.8 Å². The molecule has 0 bridgehead atoms. The molecule has 5 nitrogen and oxygen atoms in total. The van der Waals surface area contributed by atoms with Crippen molar-refractivity contribution in [3.8, 4) is 5.75 Å². The number of nitrogens with one attached hydrogen (secondary N) is 1. The van der Waals surface area contributed by atoms with Crippen molar-refractivity contribution in [3.05, 3.63) is 47.0 Å². The number of aliphatic hydroxyl groups is 1. The molecule has 1 atom stereocenters. The minimum absolute atomic E-state index is 0.0801. The zero-order valence-corrected chi connectivity index (χ0v) is 13.8. The predicted molar refractivity (Wildman–Crippen MR) is 87.0 cm³/mol. The number of aliphatic hydroxyl groups excluding tert-OH is 1. The topological polar surface area (TPSA) is 59.3 Å². The monoisotopic (exact) mass is 321 g/mol. The van der Waals surface area contributed by atoms with Gasteiger partial charge in [0.15, 0.2) is 0 Å². The van der Waals surface area contributed by atoms with Crippen LogP contribution in [0.25, 0.3) is 0 Å². The first-order valence-corrected chi connectivity index (χ1v) is 7.76. The van der Waals surface area contributed by atoms with E-state index in [9.17, 15) is 4.39 Å². The van der Waals surface area contributed by atoms with Gasteiger partial charge in [-0.3, -0.25) is 4.68 Å². The third-order valence-corrected chi connectivity index (χ3v) is 3.78. The molecule has 126 valence electrons. The van der Waals surface area contributed by atoms with E-state index in [0.717, 1.165) is 17.0 Å². The Morgan fingerprint density at radius 2 is 2.00 bits per heavy atom. The molecule has 6 heteroatoms. The fraction of sp³-hybridized carbons (Fsp3) is 0.471. The molecule has 2 N–H and O–H groups in total. The van der Waals surface area contributed by atoms with Crippen molar-refractivity contribution in [2.75, 3.05) is 13.2 Å². The maximum absolute atomic E-state index is 12.8. The highest BCUT2D eigenvalue weighted by Gasteiger charge is 2.12. The average molecular weight is 321 g/mol. The molecule has 0 aliphatic carbocycles. The summed E-state index contributed by atoms with van der Waals surface area (Å²) in [5, 5.41) is 16.9. The van der Waals surface area contributed by atoms with E-state index in [0.29, 0.717) is 25.4 Å². The van der Waals surface area contributed by atoms with Crippen LogP contribution in [0.15, 0.2) is 24.3 Å². The van der Waals surface area contributed by atoms with Crippen molar-refractivity contribution in [1.29, 1.82) is 0 Å². The summed E-state index contributed by atoms with van der Waals surface area (Å²) < 4.78 is 20.3. The summed E-state index contributed by atoms with van der Waals surface area (Å²) in [7, 11) is 0. The normalized spacial score (nSPS) is 12.4. The Hall–Kier alpha value is -1.92. The van der Waals surface area contributed by atoms with Crippen LogP contribution in [0.4, 0.5) is 4.39 Å². The molecule has 0 aliphatic rings. The van der Waals surface area contributed by atoms with Crippen LogP contribution in [0.5, 0.6) is 5.75 Å². The summed E-state index contributed by atoms with van der Waals surface area (Å²) in [6.45, 7) is 7.79. The van der Waals surface area contributed by atoms with E-state index >= 15 is 0 Å². The van der Waals surface area contributed by atoms with E-state index in [1.807, 2.05) is 25.5 Å². The van der Waals surface area contributed by atoms with Crippen LogP contribution >= 0.6 is 0 Å². The van der Waals surface area contributed by atoms with E-state index in [1.54, 1.807) is 12.1 Å². The third kappa shape index (κ3) is 4.77. The largest absolute Gasteiger partial charge is 0.492 e. The van der Waals surface area contributed by atoms with Crippen molar-refractivity contribution < 1.29 is 14.2 Å². The number of benzene rings is 1. The second-order valence-electron chi connectivity index (χ2n) is 5.64. The zero-order chi connectivity index (χ0) is 16.8. The molecular weight excluding hydrogens is 297 g/mol. The first kappa shape index (κ1) is 17.4. The van der Waals surface area contributed by atoms with Crippen LogP contribution in [0, 0.1) is 19.7 Å². The van der Waals surface area contributed by atoms with E-state index in [2.05, 4.69) is 10.4 Å². The van der Waals surface area contributed by atoms with Crippen LogP contribution in [-0.4, -0.2) is 34.1 Å². The molecule has 0 saturated heterocycles. The van der Waals surface area contributed by atoms with Crippen molar-refractivity contribution in [1.82, 2.24) is 15.1 Å². The molecular formula is C17H24FN3O2. The smallest absolute Gasteiger partial charge is 0.123 e. The van der Waals surface area contributed by atoms with Crippen LogP contribution in [0.3, 0.4) is 0 Å². The standard InChI is InChI=1S/C17H24FN3O2/c1-12(11-23-16-6-4-15(18)5-7-16)19-10-17-13(2)20-21(8-9-22)14(17)3/h4-7,12,19,22H,8-11H2,1-3H3. The van der Waals surface area contributed by atoms with Crippen LogP contribution in [-0.2, 0) is 13.1 Å². The summed E-state index contributed by atoms with van der Waals surface area (Å²) in [4.78, 5) is 0. The van der Waals surface area contributed by atoms with Gasteiger partial charge in [0.1, 0.15) is 18.2 Å². The molecule has 1 unspecified atom stereocenters. The maximum Gasteiger partial charge on any atom is 0.123 e. The Morgan fingerprint density at radius 3 is 2.65 bits per heavy atom. The summed E-state index contributed by atoms with van der Waals surface area (Å²) in [5.41, 5.74) is 3.18. The van der Waals surface area contributed by atoms with Crippen molar-refractivity contribution in [3.63, 3.8) is 0 Å². The predicted octanol–water partition coefficient (Wildman–Crippen LogP) is 2.19. The molecule has 0 radical (unpaired) electrons. The number of aromatic nitrogens is 2. The van der Waals surface area contributed by atoms with Gasteiger partial charge in [-0.25, -0.2) is 4.39 Å². The van der Waals surface area contributed by atoms with Gasteiger partial charge in [-0.15, -0.1) is 0 Å². The lowest BCUT2D eigenvalue weighted by Gasteiger charge is -2.15. The quantitative estimate of drug-likeness (QED) is 0.782. The van der Waals surface area contributed by atoms with E-state index in [-0.39, 0.29) is 18.5 Å². The van der Waals surface area contributed by atoms with E-state index in [1.165, 1.54) is 12.1 Å². The maximum atomic E-state index is 12.8. The van der Waals surface area contributed by atoms with Gasteiger partial charge in [-0.2, -0.15) is 5.10 Å². The van der Waals surface area contributed by atoms with Gasteiger partial charge in [-0.05, 0) is 45.0 Å². The molecule has 1 aromatic carbocycles. The van der Waals surface area contributed by atoms with E-state index in [4.69, 9.17) is 9.84 Å². The summed E-state index contributed by atoms with van der Waals surface area (Å²) in [5.74, 6) is 0.387. The lowest BCUT2D eigenvalue weighted by molar-refractivity contribution is 0.267. The summed E-state index contributed by atoms with van der Waals surface area (Å²) in [6, 6.07) is 6.15. The molecule has 1 aromatic heterocycles. The number of hydrogen-bond donors (Lipinski definition) is 2. The fourth-order valence-electron chi connectivity index (χ4n) is 2.39. The highest BCUT2D eigenvalue weighted by Crippen LogP contribution is 2.14. The first-order chi connectivity index (χ1) is 11.0. The Labute approximate surface area is 136 Å². The number of rotatable bonds is 8. The van der Waals surface area contributed by atoms with Crippen molar-refractivity contribution >= 4 is 0 Å². The van der Waals surface area contributed by atoms with Gasteiger partial charge in [-0.1, -0.05) is 0 Å². The molecule has 0 spiro atoms. The van der Waals surface area contributed by atoms with Crippen LogP contribution in [0.1, 0.15) is 23.9 Å². The van der Waals surface area contributed by atoms with Gasteiger partial charge in [0.05, 0.1) is 18.8 Å². The lowest BCUT2D eigenvalue weighted by Crippen LogP contribution is -2.31. The van der Waals surface area contributed by atoms with Crippen LogP contribution < -0.4 is 10.1 Å². The molecule has 0 fully saturated rings. The fourth-order valence-corrected chi connectivity index (χ4v) is 2.39. The van der Waals surface area contributed by atoms with E-state index < -0.39 is 0 Å². The highest BCUT2D eigenvalue weighted by atomic mass is 19.1. The summed E-state index contributed by atoms with van der Waals surface area (Å²) >= 11 is 0. The zero-order valence-electron chi connectivity index (χ0n) is 13.8. The highest BCUT2D eigenvalue weighted by molar-refractivity contribution is 5.24. The molecule has 2 aromatic rings. The SMILES string of the molecule is Cc1nn(CCO)c(C)c1CNC(C)COc1ccc(F)cc1. The molecule has 1 heterocycles. The molecule has 0 saturated carbocycles. The molecule has 23 heavy (non-hydrogen) atoms. The minimum atomic E-state index is -0.269.